The quantitative estimate of drug-likeness (QED) is 0.338. The number of guanidine groups is 1. The molecule has 1 rings (SSSR count). The third-order valence-electron chi connectivity index (χ3n) is 4.56. The lowest BCUT2D eigenvalue weighted by atomic mass is 9.94. The summed E-state index contributed by atoms with van der Waals surface area (Å²) >= 11 is 0. The lowest BCUT2D eigenvalue weighted by molar-refractivity contribution is -0.121. The van der Waals surface area contributed by atoms with Crippen molar-refractivity contribution in [2.45, 2.75) is 71.8 Å². The summed E-state index contributed by atoms with van der Waals surface area (Å²) < 4.78 is 0. The molecule has 0 heterocycles. The van der Waals surface area contributed by atoms with Crippen molar-refractivity contribution < 1.29 is 9.90 Å². The molecule has 0 saturated heterocycles. The molecule has 0 aromatic carbocycles. The van der Waals surface area contributed by atoms with E-state index in [2.05, 4.69) is 34.8 Å². The van der Waals surface area contributed by atoms with Crippen LogP contribution < -0.4 is 16.0 Å². The fraction of sp³-hybridized carbons (Fsp3) is 0.895. The second kappa shape index (κ2) is 13.0. The average molecular weight is 355 g/mol. The number of aliphatic hydroxyl groups excluding tert-OH is 1. The van der Waals surface area contributed by atoms with Crippen LogP contribution in [-0.4, -0.2) is 49.3 Å². The van der Waals surface area contributed by atoms with Gasteiger partial charge in [0, 0.05) is 38.7 Å². The zero-order valence-electron chi connectivity index (χ0n) is 16.3. The number of hydrogen-bond acceptors (Lipinski definition) is 3. The van der Waals surface area contributed by atoms with Gasteiger partial charge in [0.05, 0.1) is 0 Å². The van der Waals surface area contributed by atoms with Gasteiger partial charge in [0.25, 0.3) is 0 Å². The first-order valence-corrected chi connectivity index (χ1v) is 9.97. The van der Waals surface area contributed by atoms with Crippen molar-refractivity contribution in [1.29, 1.82) is 0 Å². The number of carbonyl (C=O) groups is 1. The molecule has 0 bridgehead atoms. The van der Waals surface area contributed by atoms with E-state index >= 15 is 0 Å². The van der Waals surface area contributed by atoms with Gasteiger partial charge in [0.2, 0.25) is 5.91 Å². The van der Waals surface area contributed by atoms with Crippen LogP contribution in [0.5, 0.6) is 0 Å². The summed E-state index contributed by atoms with van der Waals surface area (Å²) in [6, 6.07) is 0.379. The Morgan fingerprint density at radius 2 is 1.96 bits per heavy atom. The first-order chi connectivity index (χ1) is 12.0. The molecule has 0 aromatic heterocycles. The Labute approximate surface area is 153 Å². The smallest absolute Gasteiger partial charge is 0.221 e. The Bertz CT molecular complexity index is 393. The maximum atomic E-state index is 12.0. The van der Waals surface area contributed by atoms with Crippen LogP contribution in [0.2, 0.25) is 0 Å². The van der Waals surface area contributed by atoms with Gasteiger partial charge in [-0.1, -0.05) is 26.7 Å². The second-order valence-corrected chi connectivity index (χ2v) is 7.45. The van der Waals surface area contributed by atoms with E-state index in [9.17, 15) is 9.90 Å². The van der Waals surface area contributed by atoms with Crippen LogP contribution in [0.15, 0.2) is 4.99 Å². The van der Waals surface area contributed by atoms with Crippen molar-refractivity contribution in [1.82, 2.24) is 16.0 Å². The number of carbonyl (C=O) groups excluding carboxylic acids is 1. The number of rotatable bonds is 11. The predicted molar refractivity (Wildman–Crippen MR) is 104 cm³/mol. The van der Waals surface area contributed by atoms with Crippen LogP contribution in [-0.2, 0) is 4.79 Å². The molecule has 0 radical (unpaired) electrons. The molecule has 0 spiro atoms. The summed E-state index contributed by atoms with van der Waals surface area (Å²) in [5.41, 5.74) is 0. The molecule has 1 atom stereocenters. The number of amides is 1. The van der Waals surface area contributed by atoms with Crippen LogP contribution in [0.1, 0.15) is 65.7 Å². The molecule has 1 saturated carbocycles. The summed E-state index contributed by atoms with van der Waals surface area (Å²) in [6.07, 6.45) is 7.00. The SMILES string of the molecule is CCNC(=NCC(CCO)CC(C)C)NCCC(=O)NC1CCCC1. The molecule has 146 valence electrons. The van der Waals surface area contributed by atoms with Gasteiger partial charge in [0.15, 0.2) is 5.96 Å². The Balaban J connectivity index is 2.36. The lowest BCUT2D eigenvalue weighted by Gasteiger charge is -2.18. The fourth-order valence-corrected chi connectivity index (χ4v) is 3.36. The number of hydrogen-bond donors (Lipinski definition) is 4. The number of aliphatic imine (C=N–C) groups is 1. The molecule has 6 nitrogen and oxygen atoms in total. The third kappa shape index (κ3) is 10.3. The van der Waals surface area contributed by atoms with E-state index < -0.39 is 0 Å². The Kier molecular flexibility index (Phi) is 11.3. The highest BCUT2D eigenvalue weighted by molar-refractivity contribution is 5.81. The minimum atomic E-state index is 0.119. The second-order valence-electron chi connectivity index (χ2n) is 7.45. The topological polar surface area (TPSA) is 85.8 Å². The Hall–Kier alpha value is -1.30. The van der Waals surface area contributed by atoms with Crippen LogP contribution in [0.25, 0.3) is 0 Å². The van der Waals surface area contributed by atoms with Crippen LogP contribution >= 0.6 is 0 Å². The zero-order chi connectivity index (χ0) is 18.5. The number of aliphatic hydroxyl groups is 1. The van der Waals surface area contributed by atoms with Crippen LogP contribution in [0, 0.1) is 11.8 Å². The predicted octanol–water partition coefficient (Wildman–Crippen LogP) is 2.04. The maximum absolute atomic E-state index is 12.0. The minimum Gasteiger partial charge on any atom is -0.396 e. The monoisotopic (exact) mass is 354 g/mol. The number of nitrogens with one attached hydrogen (secondary N) is 3. The Morgan fingerprint density at radius 3 is 2.56 bits per heavy atom. The molecule has 1 amide bonds. The van der Waals surface area contributed by atoms with Gasteiger partial charge in [-0.05, 0) is 44.4 Å². The van der Waals surface area contributed by atoms with E-state index in [0.717, 1.165) is 38.2 Å². The van der Waals surface area contributed by atoms with Crippen molar-refractivity contribution in [3.8, 4) is 0 Å². The van der Waals surface area contributed by atoms with E-state index in [1.807, 2.05) is 6.92 Å². The highest BCUT2D eigenvalue weighted by Crippen LogP contribution is 2.17. The van der Waals surface area contributed by atoms with E-state index in [-0.39, 0.29) is 12.5 Å². The third-order valence-corrected chi connectivity index (χ3v) is 4.56. The van der Waals surface area contributed by atoms with Gasteiger partial charge >= 0.3 is 0 Å². The van der Waals surface area contributed by atoms with Gasteiger partial charge in [-0.2, -0.15) is 0 Å². The first-order valence-electron chi connectivity index (χ1n) is 9.97. The summed E-state index contributed by atoms with van der Waals surface area (Å²) in [6.45, 7) is 8.69. The van der Waals surface area contributed by atoms with Crippen molar-refractivity contribution >= 4 is 11.9 Å². The molecular formula is C19H38N4O2. The van der Waals surface area contributed by atoms with Gasteiger partial charge < -0.3 is 21.1 Å². The summed E-state index contributed by atoms with van der Waals surface area (Å²) in [5.74, 6) is 1.86. The van der Waals surface area contributed by atoms with E-state index in [0.29, 0.717) is 37.4 Å². The van der Waals surface area contributed by atoms with Crippen molar-refractivity contribution in [3.63, 3.8) is 0 Å². The van der Waals surface area contributed by atoms with Gasteiger partial charge in [-0.15, -0.1) is 0 Å². The zero-order valence-corrected chi connectivity index (χ0v) is 16.3. The molecular weight excluding hydrogens is 316 g/mol. The van der Waals surface area contributed by atoms with Gasteiger partial charge in [-0.25, -0.2) is 0 Å². The maximum Gasteiger partial charge on any atom is 0.221 e. The van der Waals surface area contributed by atoms with E-state index in [1.165, 1.54) is 12.8 Å². The highest BCUT2D eigenvalue weighted by atomic mass is 16.3. The molecule has 1 aliphatic rings. The van der Waals surface area contributed by atoms with Crippen LogP contribution in [0.4, 0.5) is 0 Å². The summed E-state index contributed by atoms with van der Waals surface area (Å²) in [5, 5.41) is 18.8. The van der Waals surface area contributed by atoms with Crippen molar-refractivity contribution in [2.75, 3.05) is 26.2 Å². The lowest BCUT2D eigenvalue weighted by Crippen LogP contribution is -2.40. The molecule has 4 N–H and O–H groups in total. The molecule has 0 aliphatic heterocycles. The normalized spacial score (nSPS) is 16.9. The molecule has 1 fully saturated rings. The standard InChI is InChI=1S/C19H38N4O2/c1-4-20-19(22-14-16(10-12-24)13-15(2)3)21-11-9-18(25)23-17-7-5-6-8-17/h15-17,24H,4-14H2,1-3H3,(H,23,25)(H2,20,21,22). The van der Waals surface area contributed by atoms with Crippen molar-refractivity contribution in [3.05, 3.63) is 0 Å². The molecule has 1 aliphatic carbocycles. The largest absolute Gasteiger partial charge is 0.396 e. The average Bonchev–Trinajstić information content (AvgIpc) is 3.05. The molecule has 1 unspecified atom stereocenters. The minimum absolute atomic E-state index is 0.119. The highest BCUT2D eigenvalue weighted by Gasteiger charge is 2.16. The van der Waals surface area contributed by atoms with Gasteiger partial charge in [0.1, 0.15) is 0 Å². The molecule has 25 heavy (non-hydrogen) atoms. The van der Waals surface area contributed by atoms with Crippen molar-refractivity contribution in [2.24, 2.45) is 16.8 Å². The Morgan fingerprint density at radius 1 is 1.24 bits per heavy atom. The summed E-state index contributed by atoms with van der Waals surface area (Å²) in [4.78, 5) is 16.6. The molecule has 0 aromatic rings. The number of nitrogens with zero attached hydrogens (tertiary/aromatic N) is 1. The van der Waals surface area contributed by atoms with Gasteiger partial charge in [-0.3, -0.25) is 9.79 Å². The van der Waals surface area contributed by atoms with E-state index in [1.54, 1.807) is 0 Å². The first kappa shape index (κ1) is 21.7. The fourth-order valence-electron chi connectivity index (χ4n) is 3.36. The van der Waals surface area contributed by atoms with E-state index in [4.69, 9.17) is 0 Å². The van der Waals surface area contributed by atoms with Crippen LogP contribution in [0.3, 0.4) is 0 Å². The molecule has 6 heteroatoms. The summed E-state index contributed by atoms with van der Waals surface area (Å²) in [7, 11) is 0.